The minimum atomic E-state index is -1.18. The zero-order valence-corrected chi connectivity index (χ0v) is 27.4. The van der Waals surface area contributed by atoms with Crippen LogP contribution in [0.1, 0.15) is 76.5 Å². The second kappa shape index (κ2) is 19.2. The van der Waals surface area contributed by atoms with E-state index in [0.717, 1.165) is 37.7 Å². The van der Waals surface area contributed by atoms with Crippen LogP contribution in [0.25, 0.3) is 0 Å². The number of benzene rings is 1. The number of aromatic nitrogens is 2. The van der Waals surface area contributed by atoms with Gasteiger partial charge in [0.2, 0.25) is 5.91 Å². The van der Waals surface area contributed by atoms with E-state index in [1.807, 2.05) is 30.3 Å². The van der Waals surface area contributed by atoms with Gasteiger partial charge in [-0.25, -0.2) is 9.78 Å². The van der Waals surface area contributed by atoms with E-state index in [1.165, 1.54) is 24.8 Å². The number of aliphatic hydroxyl groups excluding tert-OH is 1. The number of H-pyrrole nitrogens is 1. The summed E-state index contributed by atoms with van der Waals surface area (Å²) in [6.45, 7) is 4.76. The van der Waals surface area contributed by atoms with Crippen LogP contribution in [-0.2, 0) is 31.9 Å². The van der Waals surface area contributed by atoms with Gasteiger partial charge in [-0.2, -0.15) is 0 Å². The molecule has 11 heteroatoms. The minimum absolute atomic E-state index is 0.136. The van der Waals surface area contributed by atoms with Crippen molar-refractivity contribution in [2.45, 2.75) is 102 Å². The molecule has 1 saturated carbocycles. The molecule has 3 unspecified atom stereocenters. The maximum absolute atomic E-state index is 14.1. The first kappa shape index (κ1) is 36.0. The van der Waals surface area contributed by atoms with Gasteiger partial charge in [-0.15, -0.1) is 0 Å². The van der Waals surface area contributed by atoms with E-state index in [-0.39, 0.29) is 25.3 Å². The molecule has 1 aromatic heterocycles. The molecular weight excluding hydrogens is 574 g/mol. The number of hydrogen-bond donors (Lipinski definition) is 4. The zero-order chi connectivity index (χ0) is 32.6. The van der Waals surface area contributed by atoms with Crippen LogP contribution in [0.5, 0.6) is 0 Å². The third-order valence-electron chi connectivity index (χ3n) is 8.58. The number of ether oxygens (including phenoxy) is 2. The first-order valence-corrected chi connectivity index (χ1v) is 16.4. The topological polar surface area (TPSA) is 146 Å². The Morgan fingerprint density at radius 3 is 2.47 bits per heavy atom. The second-order valence-corrected chi connectivity index (χ2v) is 12.6. The predicted molar refractivity (Wildman–Crippen MR) is 172 cm³/mol. The van der Waals surface area contributed by atoms with E-state index in [2.05, 4.69) is 34.4 Å². The Bertz CT molecular complexity index is 1140. The van der Waals surface area contributed by atoms with Crippen molar-refractivity contribution in [2.24, 2.45) is 11.8 Å². The summed E-state index contributed by atoms with van der Waals surface area (Å²) >= 11 is 0. The Labute approximate surface area is 267 Å². The molecule has 11 nitrogen and oxygen atoms in total. The van der Waals surface area contributed by atoms with Crippen molar-refractivity contribution >= 4 is 17.9 Å². The highest BCUT2D eigenvalue weighted by Crippen LogP contribution is 2.29. The van der Waals surface area contributed by atoms with E-state index >= 15 is 0 Å². The van der Waals surface area contributed by atoms with Crippen molar-refractivity contribution < 1.29 is 29.0 Å². The van der Waals surface area contributed by atoms with Gasteiger partial charge in [0, 0.05) is 39.7 Å². The predicted octanol–water partition coefficient (Wildman–Crippen LogP) is 4.02. The van der Waals surface area contributed by atoms with Gasteiger partial charge in [0.1, 0.15) is 6.04 Å². The fourth-order valence-corrected chi connectivity index (χ4v) is 5.90. The third-order valence-corrected chi connectivity index (χ3v) is 8.58. The summed E-state index contributed by atoms with van der Waals surface area (Å²) in [7, 11) is 3.08. The maximum Gasteiger partial charge on any atom is 0.408 e. The maximum atomic E-state index is 14.1. The van der Waals surface area contributed by atoms with E-state index in [0.29, 0.717) is 37.0 Å². The molecule has 0 aliphatic heterocycles. The summed E-state index contributed by atoms with van der Waals surface area (Å²) in [6, 6.07) is 7.89. The van der Waals surface area contributed by atoms with Gasteiger partial charge >= 0.3 is 6.09 Å². The van der Waals surface area contributed by atoms with Gasteiger partial charge in [-0.3, -0.25) is 9.59 Å². The lowest BCUT2D eigenvalue weighted by molar-refractivity contribution is -0.146. The summed E-state index contributed by atoms with van der Waals surface area (Å²) in [5.41, 5.74) is 1.42. The molecule has 1 aromatic carbocycles. The largest absolute Gasteiger partial charge is 0.436 e. The smallest absolute Gasteiger partial charge is 0.408 e. The lowest BCUT2D eigenvalue weighted by atomic mass is 9.83. The molecule has 45 heavy (non-hydrogen) atoms. The summed E-state index contributed by atoms with van der Waals surface area (Å²) in [6.07, 6.45) is 8.72. The number of imidazole rings is 1. The van der Waals surface area contributed by atoms with Gasteiger partial charge in [0.05, 0.1) is 30.8 Å². The summed E-state index contributed by atoms with van der Waals surface area (Å²) in [5.74, 6) is -0.0286. The molecule has 1 fully saturated rings. The van der Waals surface area contributed by atoms with E-state index in [1.54, 1.807) is 13.2 Å². The van der Waals surface area contributed by atoms with E-state index in [9.17, 15) is 19.5 Å². The number of methoxy groups -OCH3 is 1. The van der Waals surface area contributed by atoms with Crippen LogP contribution < -0.4 is 10.6 Å². The molecule has 1 heterocycles. The van der Waals surface area contributed by atoms with E-state index < -0.39 is 36.3 Å². The van der Waals surface area contributed by atoms with Gasteiger partial charge in [0.15, 0.2) is 6.10 Å². The molecule has 0 spiro atoms. The van der Waals surface area contributed by atoms with Crippen LogP contribution in [0.15, 0.2) is 42.9 Å². The fourth-order valence-electron chi connectivity index (χ4n) is 5.90. The third kappa shape index (κ3) is 12.5. The molecular formula is C34H53N5O6. The highest BCUT2D eigenvalue weighted by Gasteiger charge is 2.36. The minimum Gasteiger partial charge on any atom is -0.436 e. The fraction of sp³-hybridized carbons (Fsp3) is 0.647. The Balaban J connectivity index is 1.83. The van der Waals surface area contributed by atoms with Gasteiger partial charge in [-0.05, 0) is 36.7 Å². The Kier molecular flexibility index (Phi) is 15.3. The Morgan fingerprint density at radius 2 is 1.82 bits per heavy atom. The molecule has 4 atom stereocenters. The zero-order valence-electron chi connectivity index (χ0n) is 27.4. The number of aliphatic hydroxyl groups is 1. The monoisotopic (exact) mass is 627 g/mol. The first-order valence-electron chi connectivity index (χ1n) is 16.4. The van der Waals surface area contributed by atoms with Crippen LogP contribution in [-0.4, -0.2) is 89.5 Å². The van der Waals surface area contributed by atoms with Crippen LogP contribution in [0, 0.1) is 11.8 Å². The van der Waals surface area contributed by atoms with Crippen molar-refractivity contribution in [3.8, 4) is 0 Å². The molecule has 0 radical (unpaired) electrons. The van der Waals surface area contributed by atoms with Gasteiger partial charge in [0.25, 0.3) is 5.91 Å². The first-order chi connectivity index (χ1) is 21.7. The van der Waals surface area contributed by atoms with Gasteiger partial charge in [-0.1, -0.05) is 76.3 Å². The quantitative estimate of drug-likeness (QED) is 0.183. The number of likely N-dealkylation sites (N-methyl/N-ethyl adjacent to an activating group) is 1. The molecule has 0 bridgehead atoms. The number of amides is 3. The lowest BCUT2D eigenvalue weighted by Crippen LogP contribution is -2.56. The number of nitrogens with zero attached hydrogens (tertiary/aromatic N) is 2. The van der Waals surface area contributed by atoms with E-state index in [4.69, 9.17) is 9.47 Å². The standard InChI is InChI=1S/C34H53N5O6/c1-24(2)15-16-30(40)28(19-25-11-7-5-8-12-25)38-32(41)29(21-27-22-35-23-37-27)39(3)33(42)31(20-26-13-9-6-10-14-26)45-34(43)36-17-18-44-4/h6,9-10,13-14,22-25,28-31,40H,5,7-8,11-12,15-21H2,1-4H3,(H,35,37)(H,36,43)(H,38,41)/t28?,29-,30?,31?/m0/s1. The van der Waals surface area contributed by atoms with Gasteiger partial charge < -0.3 is 35.1 Å². The average Bonchev–Trinajstić information content (AvgIpc) is 3.55. The van der Waals surface area contributed by atoms with Crippen molar-refractivity contribution in [2.75, 3.05) is 27.3 Å². The number of alkyl carbamates (subject to hydrolysis) is 1. The normalized spacial score (nSPS) is 16.4. The molecule has 0 saturated heterocycles. The number of hydrogen-bond acceptors (Lipinski definition) is 7. The molecule has 3 rings (SSSR count). The number of rotatable bonds is 18. The molecule has 4 N–H and O–H groups in total. The number of aromatic amines is 1. The van der Waals surface area contributed by atoms with Crippen molar-refractivity contribution in [3.63, 3.8) is 0 Å². The average molecular weight is 628 g/mol. The summed E-state index contributed by atoms with van der Waals surface area (Å²) in [5, 5.41) is 17.0. The molecule has 250 valence electrons. The second-order valence-electron chi connectivity index (χ2n) is 12.6. The van der Waals surface area contributed by atoms with Crippen LogP contribution in [0.3, 0.4) is 0 Å². The van der Waals surface area contributed by atoms with Crippen molar-refractivity contribution in [1.82, 2.24) is 25.5 Å². The van der Waals surface area contributed by atoms with Crippen LogP contribution in [0.2, 0.25) is 0 Å². The number of carbonyl (C=O) groups excluding carboxylic acids is 3. The molecule has 1 aliphatic carbocycles. The summed E-state index contributed by atoms with van der Waals surface area (Å²) < 4.78 is 10.6. The number of carbonyl (C=O) groups is 3. The highest BCUT2D eigenvalue weighted by atomic mass is 16.6. The molecule has 1 aliphatic rings. The lowest BCUT2D eigenvalue weighted by Gasteiger charge is -2.34. The molecule has 2 aromatic rings. The van der Waals surface area contributed by atoms with Crippen molar-refractivity contribution in [1.29, 1.82) is 0 Å². The highest BCUT2D eigenvalue weighted by molar-refractivity contribution is 5.90. The van der Waals surface area contributed by atoms with Crippen LogP contribution >= 0.6 is 0 Å². The van der Waals surface area contributed by atoms with Crippen LogP contribution in [0.4, 0.5) is 4.79 Å². The Morgan fingerprint density at radius 1 is 1.09 bits per heavy atom. The Hall–Kier alpha value is -3.44. The number of nitrogens with one attached hydrogen (secondary N) is 3. The molecule has 3 amide bonds. The SMILES string of the molecule is COCCNC(=O)OC(Cc1ccccc1)C(=O)N(C)[C@@H](Cc1c[nH]cn1)C(=O)NC(CC1CCCCC1)C(O)CCC(C)C. The van der Waals surface area contributed by atoms with Crippen molar-refractivity contribution in [3.05, 3.63) is 54.1 Å². The summed E-state index contributed by atoms with van der Waals surface area (Å²) in [4.78, 5) is 49.4.